The van der Waals surface area contributed by atoms with E-state index in [9.17, 15) is 4.79 Å². The number of carbonyl (C=O) groups excluding carboxylic acids is 1. The van der Waals surface area contributed by atoms with Crippen molar-refractivity contribution in [3.8, 4) is 11.6 Å². The molecule has 140 valence electrons. The molecule has 4 heterocycles. The van der Waals surface area contributed by atoms with Crippen molar-refractivity contribution in [2.45, 2.75) is 19.3 Å². The number of aryl methyl sites for hydroxylation is 1. The van der Waals surface area contributed by atoms with E-state index in [1.807, 2.05) is 36.1 Å². The molecule has 1 atom stereocenters. The fourth-order valence-electron chi connectivity index (χ4n) is 3.65. The molecular formula is C20H18N6O2. The first kappa shape index (κ1) is 16.6. The normalized spacial score (nSPS) is 16.8. The highest BCUT2D eigenvalue weighted by molar-refractivity contribution is 5.99. The maximum absolute atomic E-state index is 12.9. The largest absolute Gasteiger partial charge is 0.419 e. The quantitative estimate of drug-likeness (QED) is 0.592. The van der Waals surface area contributed by atoms with Gasteiger partial charge in [0.05, 0.1) is 12.1 Å². The van der Waals surface area contributed by atoms with E-state index in [2.05, 4.69) is 25.1 Å². The fraction of sp³-hybridized carbons (Fsp3) is 0.250. The van der Waals surface area contributed by atoms with Crippen molar-refractivity contribution in [3.05, 3.63) is 60.0 Å². The minimum absolute atomic E-state index is 0.00763. The highest BCUT2D eigenvalue weighted by atomic mass is 16.4. The minimum Gasteiger partial charge on any atom is -0.419 e. The Morgan fingerprint density at radius 2 is 2.21 bits per heavy atom. The Bertz CT molecular complexity index is 1150. The van der Waals surface area contributed by atoms with Crippen molar-refractivity contribution in [1.82, 2.24) is 30.0 Å². The number of benzene rings is 1. The van der Waals surface area contributed by atoms with Crippen molar-refractivity contribution >= 4 is 16.8 Å². The molecule has 3 aromatic heterocycles. The number of nitrogens with one attached hydrogen (secondary N) is 1. The summed E-state index contributed by atoms with van der Waals surface area (Å²) in [6, 6.07) is 7.94. The van der Waals surface area contributed by atoms with Gasteiger partial charge in [-0.25, -0.2) is 4.98 Å². The van der Waals surface area contributed by atoms with Crippen LogP contribution in [0.1, 0.15) is 34.3 Å². The third-order valence-corrected chi connectivity index (χ3v) is 5.16. The highest BCUT2D eigenvalue weighted by Gasteiger charge is 2.32. The molecule has 0 aliphatic carbocycles. The number of hydrogen-bond acceptors (Lipinski definition) is 6. The lowest BCUT2D eigenvalue weighted by Crippen LogP contribution is -2.28. The van der Waals surface area contributed by atoms with Crippen LogP contribution in [0.15, 0.2) is 47.3 Å². The topological polar surface area (TPSA) is 101 Å². The molecule has 1 amide bonds. The van der Waals surface area contributed by atoms with Crippen molar-refractivity contribution in [1.29, 1.82) is 0 Å². The second-order valence-electron chi connectivity index (χ2n) is 6.99. The van der Waals surface area contributed by atoms with Crippen LogP contribution in [0.4, 0.5) is 0 Å². The number of H-pyrrole nitrogens is 1. The van der Waals surface area contributed by atoms with Crippen LogP contribution in [-0.2, 0) is 0 Å². The predicted octanol–water partition coefficient (Wildman–Crippen LogP) is 2.95. The van der Waals surface area contributed by atoms with Gasteiger partial charge >= 0.3 is 0 Å². The first-order valence-electron chi connectivity index (χ1n) is 9.16. The third kappa shape index (κ3) is 2.83. The number of hydrogen-bond donors (Lipinski definition) is 1. The fourth-order valence-corrected chi connectivity index (χ4v) is 3.65. The Kier molecular flexibility index (Phi) is 3.89. The monoisotopic (exact) mass is 374 g/mol. The van der Waals surface area contributed by atoms with Gasteiger partial charge in [-0.3, -0.25) is 9.78 Å². The number of aromatic amines is 1. The molecule has 8 nitrogen and oxygen atoms in total. The van der Waals surface area contributed by atoms with E-state index >= 15 is 0 Å². The van der Waals surface area contributed by atoms with Crippen molar-refractivity contribution in [3.63, 3.8) is 0 Å². The van der Waals surface area contributed by atoms with Crippen molar-refractivity contribution < 1.29 is 9.21 Å². The van der Waals surface area contributed by atoms with Gasteiger partial charge in [0.1, 0.15) is 11.4 Å². The first-order valence-corrected chi connectivity index (χ1v) is 9.16. The van der Waals surface area contributed by atoms with E-state index in [4.69, 9.17) is 4.42 Å². The first-order chi connectivity index (χ1) is 13.7. The summed E-state index contributed by atoms with van der Waals surface area (Å²) in [4.78, 5) is 26.2. The molecule has 1 aromatic carbocycles. The average Bonchev–Trinajstić information content (AvgIpc) is 3.46. The summed E-state index contributed by atoms with van der Waals surface area (Å²) in [6.07, 6.45) is 5.54. The Hall–Kier alpha value is -3.55. The standard InChI is InChI=1S/C20H18N6O2/c1-12-3-2-4-15-14(12)9-16(23-15)20(27)26-8-5-13(11-26)18-24-25-19(28-18)17-10-21-6-7-22-17/h2-4,6-7,9-10,13,23H,5,8,11H2,1H3/t13-/m1/s1. The molecule has 1 N–H and O–H groups in total. The van der Waals surface area contributed by atoms with Gasteiger partial charge in [0.2, 0.25) is 5.89 Å². The van der Waals surface area contributed by atoms with Gasteiger partial charge in [0, 0.05) is 36.4 Å². The summed E-state index contributed by atoms with van der Waals surface area (Å²) in [6.45, 7) is 3.25. The molecule has 1 saturated heterocycles. The zero-order valence-electron chi connectivity index (χ0n) is 15.3. The molecule has 0 bridgehead atoms. The summed E-state index contributed by atoms with van der Waals surface area (Å²) >= 11 is 0. The van der Waals surface area contributed by atoms with Crippen LogP contribution in [-0.4, -0.2) is 49.0 Å². The molecule has 0 radical (unpaired) electrons. The molecule has 0 saturated carbocycles. The Morgan fingerprint density at radius 3 is 3.04 bits per heavy atom. The van der Waals surface area contributed by atoms with Gasteiger partial charge in [-0.15, -0.1) is 10.2 Å². The van der Waals surface area contributed by atoms with E-state index in [0.29, 0.717) is 36.3 Å². The van der Waals surface area contributed by atoms with E-state index in [0.717, 1.165) is 22.9 Å². The van der Waals surface area contributed by atoms with Gasteiger partial charge in [0.15, 0.2) is 0 Å². The molecule has 8 heteroatoms. The molecule has 1 aliphatic rings. The van der Waals surface area contributed by atoms with E-state index in [-0.39, 0.29) is 11.8 Å². The molecule has 4 aromatic rings. The number of nitrogens with zero attached hydrogens (tertiary/aromatic N) is 5. The van der Waals surface area contributed by atoms with Crippen LogP contribution < -0.4 is 0 Å². The predicted molar refractivity (Wildman–Crippen MR) is 102 cm³/mol. The molecule has 0 unspecified atom stereocenters. The zero-order chi connectivity index (χ0) is 19.1. The summed E-state index contributed by atoms with van der Waals surface area (Å²) in [5.41, 5.74) is 3.27. The van der Waals surface area contributed by atoms with E-state index < -0.39 is 0 Å². The summed E-state index contributed by atoms with van der Waals surface area (Å²) in [7, 11) is 0. The van der Waals surface area contributed by atoms with Gasteiger partial charge in [0.25, 0.3) is 11.8 Å². The number of fused-ring (bicyclic) bond motifs is 1. The lowest BCUT2D eigenvalue weighted by atomic mass is 10.1. The average molecular weight is 374 g/mol. The van der Waals surface area contributed by atoms with Crippen LogP contribution >= 0.6 is 0 Å². The second-order valence-corrected chi connectivity index (χ2v) is 6.99. The Balaban J connectivity index is 1.33. The van der Waals surface area contributed by atoms with Gasteiger partial charge in [-0.1, -0.05) is 12.1 Å². The van der Waals surface area contributed by atoms with E-state index in [1.54, 1.807) is 18.6 Å². The summed E-state index contributed by atoms with van der Waals surface area (Å²) in [5.74, 6) is 0.891. The molecule has 1 fully saturated rings. The lowest BCUT2D eigenvalue weighted by molar-refractivity contribution is 0.0785. The molecule has 28 heavy (non-hydrogen) atoms. The zero-order valence-corrected chi connectivity index (χ0v) is 15.3. The summed E-state index contributed by atoms with van der Waals surface area (Å²) < 4.78 is 5.78. The number of carbonyl (C=O) groups is 1. The lowest BCUT2D eigenvalue weighted by Gasteiger charge is -2.14. The molecule has 0 spiro atoms. The molecular weight excluding hydrogens is 356 g/mol. The number of rotatable bonds is 3. The van der Waals surface area contributed by atoms with Crippen LogP contribution in [0.5, 0.6) is 0 Å². The summed E-state index contributed by atoms with van der Waals surface area (Å²) in [5, 5.41) is 9.30. The minimum atomic E-state index is -0.00763. The van der Waals surface area contributed by atoms with Gasteiger partial charge < -0.3 is 14.3 Å². The highest BCUT2D eigenvalue weighted by Crippen LogP contribution is 2.29. The maximum Gasteiger partial charge on any atom is 0.270 e. The van der Waals surface area contributed by atoms with Crippen LogP contribution in [0.2, 0.25) is 0 Å². The molecule has 5 rings (SSSR count). The van der Waals surface area contributed by atoms with Crippen LogP contribution in [0.3, 0.4) is 0 Å². The van der Waals surface area contributed by atoms with Crippen molar-refractivity contribution in [2.75, 3.05) is 13.1 Å². The smallest absolute Gasteiger partial charge is 0.270 e. The van der Waals surface area contributed by atoms with Gasteiger partial charge in [-0.05, 0) is 31.0 Å². The third-order valence-electron chi connectivity index (χ3n) is 5.16. The number of amides is 1. The van der Waals surface area contributed by atoms with Crippen LogP contribution in [0, 0.1) is 6.92 Å². The Morgan fingerprint density at radius 1 is 1.29 bits per heavy atom. The SMILES string of the molecule is Cc1cccc2[nH]c(C(=O)N3CC[C@@H](c4nnc(-c5cnccn5)o4)C3)cc12. The maximum atomic E-state index is 12.9. The number of likely N-dealkylation sites (tertiary alicyclic amines) is 1. The van der Waals surface area contributed by atoms with E-state index in [1.165, 1.54) is 0 Å². The Labute approximate surface area is 160 Å². The number of aromatic nitrogens is 5. The van der Waals surface area contributed by atoms with Gasteiger partial charge in [-0.2, -0.15) is 0 Å². The van der Waals surface area contributed by atoms with Crippen LogP contribution in [0.25, 0.3) is 22.5 Å². The second kappa shape index (κ2) is 6.56. The molecule has 1 aliphatic heterocycles. The van der Waals surface area contributed by atoms with Crippen molar-refractivity contribution in [2.24, 2.45) is 0 Å².